The standard InChI is InChI=1S/C22H23N5O3/c1-26-19(28)10-16(11-24-22(30)18-8-5-9-23-21(18)29)20(26)17-12-25-27(14-17)13-15-6-3-2-4-7-15/h2-9,12,14,16,20H,10-11,13H2,1H3,(H,23,29)(H,24,30)/t16-,20+/m0/s1. The Morgan fingerprint density at radius 1 is 1.20 bits per heavy atom. The highest BCUT2D eigenvalue weighted by molar-refractivity contribution is 5.93. The number of nitrogens with zero attached hydrogens (tertiary/aromatic N) is 3. The van der Waals surface area contributed by atoms with Gasteiger partial charge in [0.15, 0.2) is 0 Å². The molecule has 1 fully saturated rings. The number of nitrogens with one attached hydrogen (secondary N) is 2. The second kappa shape index (κ2) is 8.36. The SMILES string of the molecule is CN1C(=O)C[C@@H](CNC(=O)c2ccc[nH]c2=O)[C@@H]1c1cnn(Cc2ccccc2)c1. The molecule has 0 aliphatic carbocycles. The van der Waals surface area contributed by atoms with Gasteiger partial charge in [0.2, 0.25) is 5.91 Å². The van der Waals surface area contributed by atoms with Crippen molar-refractivity contribution in [2.24, 2.45) is 5.92 Å². The lowest BCUT2D eigenvalue weighted by atomic mass is 9.95. The third-order valence-corrected chi connectivity index (χ3v) is 5.46. The van der Waals surface area contributed by atoms with E-state index in [0.717, 1.165) is 11.1 Å². The number of aromatic amines is 1. The van der Waals surface area contributed by atoms with Crippen molar-refractivity contribution in [2.45, 2.75) is 19.0 Å². The van der Waals surface area contributed by atoms with Crippen molar-refractivity contribution in [3.8, 4) is 0 Å². The van der Waals surface area contributed by atoms with Crippen molar-refractivity contribution in [2.75, 3.05) is 13.6 Å². The summed E-state index contributed by atoms with van der Waals surface area (Å²) in [6, 6.07) is 12.9. The first-order chi connectivity index (χ1) is 14.5. The summed E-state index contributed by atoms with van der Waals surface area (Å²) in [4.78, 5) is 40.8. The van der Waals surface area contributed by atoms with Crippen LogP contribution in [0, 0.1) is 5.92 Å². The highest BCUT2D eigenvalue weighted by Crippen LogP contribution is 2.36. The zero-order valence-corrected chi connectivity index (χ0v) is 16.6. The van der Waals surface area contributed by atoms with E-state index in [-0.39, 0.29) is 30.0 Å². The Morgan fingerprint density at radius 3 is 2.77 bits per heavy atom. The molecule has 0 spiro atoms. The molecule has 2 N–H and O–H groups in total. The van der Waals surface area contributed by atoms with E-state index in [9.17, 15) is 14.4 Å². The average molecular weight is 405 g/mol. The Balaban J connectivity index is 1.47. The summed E-state index contributed by atoms with van der Waals surface area (Å²) < 4.78 is 1.85. The van der Waals surface area contributed by atoms with E-state index in [1.807, 2.05) is 41.2 Å². The maximum Gasteiger partial charge on any atom is 0.260 e. The Labute approximate surface area is 173 Å². The smallest absolute Gasteiger partial charge is 0.260 e. The molecule has 1 aromatic carbocycles. The number of hydrogen-bond donors (Lipinski definition) is 2. The van der Waals surface area contributed by atoms with Gasteiger partial charge in [0.1, 0.15) is 5.56 Å². The largest absolute Gasteiger partial charge is 0.351 e. The predicted octanol–water partition coefficient (Wildman–Crippen LogP) is 1.57. The van der Waals surface area contributed by atoms with E-state index in [1.54, 1.807) is 24.2 Å². The van der Waals surface area contributed by atoms with Gasteiger partial charge in [0.25, 0.3) is 11.5 Å². The number of benzene rings is 1. The topological polar surface area (TPSA) is 100 Å². The summed E-state index contributed by atoms with van der Waals surface area (Å²) in [5.74, 6) is -0.534. The fraction of sp³-hybridized carbons (Fsp3) is 0.273. The molecule has 3 heterocycles. The van der Waals surface area contributed by atoms with Crippen molar-refractivity contribution >= 4 is 11.8 Å². The van der Waals surface area contributed by atoms with Crippen molar-refractivity contribution in [3.05, 3.63) is 88.1 Å². The van der Waals surface area contributed by atoms with E-state index in [2.05, 4.69) is 15.4 Å². The molecule has 2 atom stereocenters. The maximum atomic E-state index is 12.4. The summed E-state index contributed by atoms with van der Waals surface area (Å²) in [6.45, 7) is 0.932. The molecule has 2 aromatic heterocycles. The van der Waals surface area contributed by atoms with Crippen LogP contribution in [0.1, 0.15) is 33.9 Å². The molecule has 8 nitrogen and oxygen atoms in total. The van der Waals surface area contributed by atoms with Gasteiger partial charge in [-0.3, -0.25) is 19.1 Å². The van der Waals surface area contributed by atoms with Crippen LogP contribution in [0.4, 0.5) is 0 Å². The number of amides is 2. The lowest BCUT2D eigenvalue weighted by Crippen LogP contribution is -2.35. The average Bonchev–Trinajstić information content (AvgIpc) is 3.31. The molecule has 0 unspecified atom stereocenters. The zero-order valence-electron chi connectivity index (χ0n) is 16.6. The van der Waals surface area contributed by atoms with E-state index < -0.39 is 11.5 Å². The van der Waals surface area contributed by atoms with Gasteiger partial charge in [-0.2, -0.15) is 5.10 Å². The number of pyridine rings is 1. The molecular weight excluding hydrogens is 382 g/mol. The summed E-state index contributed by atoms with van der Waals surface area (Å²) in [5.41, 5.74) is 1.69. The number of likely N-dealkylation sites (tertiary alicyclic amines) is 1. The Bertz CT molecular complexity index is 1100. The third kappa shape index (κ3) is 4.03. The number of rotatable bonds is 6. The van der Waals surface area contributed by atoms with Crippen LogP contribution in [0.15, 0.2) is 65.8 Å². The number of carbonyl (C=O) groups excluding carboxylic acids is 2. The van der Waals surface area contributed by atoms with Crippen molar-refractivity contribution in [1.29, 1.82) is 0 Å². The minimum atomic E-state index is -0.447. The predicted molar refractivity (Wildman–Crippen MR) is 111 cm³/mol. The molecule has 154 valence electrons. The monoisotopic (exact) mass is 405 g/mol. The second-order valence-corrected chi connectivity index (χ2v) is 7.49. The van der Waals surface area contributed by atoms with Gasteiger partial charge in [-0.15, -0.1) is 0 Å². The summed E-state index contributed by atoms with van der Waals surface area (Å²) >= 11 is 0. The molecule has 1 aliphatic heterocycles. The van der Waals surface area contributed by atoms with Gasteiger partial charge in [-0.1, -0.05) is 30.3 Å². The molecule has 2 amide bonds. The van der Waals surface area contributed by atoms with Gasteiger partial charge in [0, 0.05) is 43.9 Å². The van der Waals surface area contributed by atoms with Crippen molar-refractivity contribution < 1.29 is 9.59 Å². The molecule has 0 radical (unpaired) electrons. The molecule has 1 aliphatic rings. The van der Waals surface area contributed by atoms with Gasteiger partial charge in [0.05, 0.1) is 18.8 Å². The molecule has 0 saturated carbocycles. The normalized spacial score (nSPS) is 18.6. The lowest BCUT2D eigenvalue weighted by Gasteiger charge is -2.24. The lowest BCUT2D eigenvalue weighted by molar-refractivity contribution is -0.127. The fourth-order valence-corrected chi connectivity index (χ4v) is 3.94. The molecular formula is C22H23N5O3. The van der Waals surface area contributed by atoms with Crippen LogP contribution in [0.5, 0.6) is 0 Å². The van der Waals surface area contributed by atoms with Gasteiger partial charge >= 0.3 is 0 Å². The molecule has 3 aromatic rings. The van der Waals surface area contributed by atoms with Crippen LogP contribution < -0.4 is 10.9 Å². The van der Waals surface area contributed by atoms with Crippen molar-refractivity contribution in [3.63, 3.8) is 0 Å². The minimum Gasteiger partial charge on any atom is -0.351 e. The number of H-pyrrole nitrogens is 1. The van der Waals surface area contributed by atoms with Gasteiger partial charge < -0.3 is 15.2 Å². The van der Waals surface area contributed by atoms with E-state index in [0.29, 0.717) is 13.0 Å². The van der Waals surface area contributed by atoms with Gasteiger partial charge in [-0.25, -0.2) is 0 Å². The maximum absolute atomic E-state index is 12.4. The number of hydrogen-bond acceptors (Lipinski definition) is 4. The van der Waals surface area contributed by atoms with Crippen LogP contribution >= 0.6 is 0 Å². The zero-order chi connectivity index (χ0) is 21.1. The first-order valence-corrected chi connectivity index (χ1v) is 9.81. The Hall–Kier alpha value is -3.68. The highest BCUT2D eigenvalue weighted by Gasteiger charge is 2.39. The van der Waals surface area contributed by atoms with E-state index >= 15 is 0 Å². The first-order valence-electron chi connectivity index (χ1n) is 9.81. The molecule has 8 heteroatoms. The van der Waals surface area contributed by atoms with Crippen LogP contribution in [0.25, 0.3) is 0 Å². The summed E-state index contributed by atoms with van der Waals surface area (Å²) in [7, 11) is 1.77. The molecule has 30 heavy (non-hydrogen) atoms. The van der Waals surface area contributed by atoms with Crippen LogP contribution in [-0.2, 0) is 11.3 Å². The minimum absolute atomic E-state index is 0.0209. The van der Waals surface area contributed by atoms with Crippen LogP contribution in [0.3, 0.4) is 0 Å². The molecule has 1 saturated heterocycles. The van der Waals surface area contributed by atoms with E-state index in [1.165, 1.54) is 12.3 Å². The number of carbonyl (C=O) groups is 2. The summed E-state index contributed by atoms with van der Waals surface area (Å²) in [6.07, 6.45) is 5.53. The second-order valence-electron chi connectivity index (χ2n) is 7.49. The molecule has 4 rings (SSSR count). The fourth-order valence-electron chi connectivity index (χ4n) is 3.94. The Kier molecular flexibility index (Phi) is 5.47. The van der Waals surface area contributed by atoms with Gasteiger partial charge in [-0.05, 0) is 17.7 Å². The van der Waals surface area contributed by atoms with Crippen molar-refractivity contribution in [1.82, 2.24) is 25.0 Å². The first kappa shape index (κ1) is 19.6. The number of aromatic nitrogens is 3. The summed E-state index contributed by atoms with van der Waals surface area (Å²) in [5, 5.41) is 7.25. The third-order valence-electron chi connectivity index (χ3n) is 5.46. The van der Waals surface area contributed by atoms with Crippen LogP contribution in [0.2, 0.25) is 0 Å². The van der Waals surface area contributed by atoms with Crippen LogP contribution in [-0.4, -0.2) is 45.1 Å². The van der Waals surface area contributed by atoms with E-state index in [4.69, 9.17) is 0 Å². The quantitative estimate of drug-likeness (QED) is 0.650. The molecule has 0 bridgehead atoms. The Morgan fingerprint density at radius 2 is 2.00 bits per heavy atom. The highest BCUT2D eigenvalue weighted by atomic mass is 16.2.